The maximum absolute atomic E-state index is 12.9. The fraction of sp³-hybridized carbons (Fsp3) is 0.368. The summed E-state index contributed by atoms with van der Waals surface area (Å²) in [4.78, 5) is 43.2. The van der Waals surface area contributed by atoms with Crippen molar-refractivity contribution in [3.63, 3.8) is 0 Å². The van der Waals surface area contributed by atoms with E-state index in [2.05, 4.69) is 14.9 Å². The molecule has 1 atom stereocenters. The summed E-state index contributed by atoms with van der Waals surface area (Å²) in [5.74, 6) is 0.0896. The second-order valence-electron chi connectivity index (χ2n) is 7.01. The van der Waals surface area contributed by atoms with E-state index in [-0.39, 0.29) is 18.4 Å². The van der Waals surface area contributed by atoms with Gasteiger partial charge < -0.3 is 9.47 Å². The third kappa shape index (κ3) is 3.69. The van der Waals surface area contributed by atoms with E-state index in [1.54, 1.807) is 36.8 Å². The second kappa shape index (κ2) is 7.22. The Labute approximate surface area is 156 Å². The summed E-state index contributed by atoms with van der Waals surface area (Å²) in [5.41, 5.74) is 1.19. The summed E-state index contributed by atoms with van der Waals surface area (Å²) < 4.78 is 2.05. The van der Waals surface area contributed by atoms with Gasteiger partial charge in [-0.2, -0.15) is 0 Å². The Balaban J connectivity index is 1.41. The number of nitrogens with one attached hydrogen (secondary N) is 1. The molecule has 4 amide bonds. The Morgan fingerprint density at radius 3 is 2.70 bits per heavy atom. The molecule has 4 rings (SSSR count). The van der Waals surface area contributed by atoms with Gasteiger partial charge in [0.05, 0.1) is 6.33 Å². The van der Waals surface area contributed by atoms with Crippen molar-refractivity contribution < 1.29 is 14.4 Å². The third-order valence-corrected chi connectivity index (χ3v) is 5.05. The van der Waals surface area contributed by atoms with Crippen LogP contribution < -0.4 is 10.2 Å². The summed E-state index contributed by atoms with van der Waals surface area (Å²) in [6.45, 7) is 2.35. The standard InChI is InChI=1S/C19H21N5O3/c25-17-12-24(19(27)21-17)16-5-3-15(4-6-16)18(26)23-8-1-2-14(11-23)10-22-9-7-20-13-22/h3-7,9,13-14H,1-2,8,10-12H2,(H,21,25,27)/t14-/m0/s1. The fourth-order valence-corrected chi connectivity index (χ4v) is 3.71. The highest BCUT2D eigenvalue weighted by Crippen LogP contribution is 2.22. The first-order chi connectivity index (χ1) is 13.1. The number of nitrogens with zero attached hydrogens (tertiary/aromatic N) is 4. The third-order valence-electron chi connectivity index (χ3n) is 5.05. The smallest absolute Gasteiger partial charge is 0.329 e. The van der Waals surface area contributed by atoms with Crippen molar-refractivity contribution in [2.45, 2.75) is 19.4 Å². The van der Waals surface area contributed by atoms with Crippen LogP contribution in [-0.2, 0) is 11.3 Å². The molecule has 2 saturated heterocycles. The predicted molar refractivity (Wildman–Crippen MR) is 98.2 cm³/mol. The molecule has 0 bridgehead atoms. The van der Waals surface area contributed by atoms with Crippen molar-refractivity contribution in [2.24, 2.45) is 5.92 Å². The molecule has 8 nitrogen and oxygen atoms in total. The number of aromatic nitrogens is 2. The van der Waals surface area contributed by atoms with Crippen molar-refractivity contribution in [1.29, 1.82) is 0 Å². The largest absolute Gasteiger partial charge is 0.338 e. The summed E-state index contributed by atoms with van der Waals surface area (Å²) >= 11 is 0. The van der Waals surface area contributed by atoms with Crippen LogP contribution >= 0.6 is 0 Å². The molecule has 27 heavy (non-hydrogen) atoms. The minimum absolute atomic E-state index is 0.00108. The molecule has 0 saturated carbocycles. The van der Waals surface area contributed by atoms with Gasteiger partial charge in [0.25, 0.3) is 5.91 Å². The van der Waals surface area contributed by atoms with E-state index in [9.17, 15) is 14.4 Å². The number of rotatable bonds is 4. The summed E-state index contributed by atoms with van der Waals surface area (Å²) in [6, 6.07) is 6.41. The van der Waals surface area contributed by atoms with E-state index in [0.717, 1.165) is 32.5 Å². The van der Waals surface area contributed by atoms with Crippen molar-refractivity contribution in [3.05, 3.63) is 48.5 Å². The van der Waals surface area contributed by atoms with Gasteiger partial charge >= 0.3 is 6.03 Å². The zero-order chi connectivity index (χ0) is 18.8. The van der Waals surface area contributed by atoms with Crippen LogP contribution in [0.3, 0.4) is 0 Å². The Hall–Kier alpha value is -3.16. The number of imide groups is 1. The number of piperidine rings is 1. The van der Waals surface area contributed by atoms with E-state index in [1.165, 1.54) is 4.90 Å². The van der Waals surface area contributed by atoms with E-state index >= 15 is 0 Å². The molecule has 2 aromatic rings. The molecular formula is C19H21N5O3. The van der Waals surface area contributed by atoms with Crippen LogP contribution in [-0.4, -0.2) is 51.9 Å². The highest BCUT2D eigenvalue weighted by molar-refractivity contribution is 6.12. The summed E-state index contributed by atoms with van der Waals surface area (Å²) in [5, 5.41) is 2.24. The second-order valence-corrected chi connectivity index (χ2v) is 7.01. The lowest BCUT2D eigenvalue weighted by molar-refractivity contribution is -0.117. The highest BCUT2D eigenvalue weighted by Gasteiger charge is 2.28. The Morgan fingerprint density at radius 2 is 2.04 bits per heavy atom. The molecule has 0 aliphatic carbocycles. The van der Waals surface area contributed by atoms with Gasteiger partial charge in [0.1, 0.15) is 6.54 Å². The van der Waals surface area contributed by atoms with Crippen molar-refractivity contribution in [2.75, 3.05) is 24.5 Å². The normalized spacial score (nSPS) is 20.1. The van der Waals surface area contributed by atoms with Crippen LogP contribution in [0, 0.1) is 5.92 Å². The molecular weight excluding hydrogens is 346 g/mol. The number of anilines is 1. The van der Waals surface area contributed by atoms with E-state index in [1.807, 2.05) is 11.1 Å². The molecule has 2 aliphatic heterocycles. The lowest BCUT2D eigenvalue weighted by Gasteiger charge is -2.33. The molecule has 1 N–H and O–H groups in total. The number of hydrogen-bond acceptors (Lipinski definition) is 4. The van der Waals surface area contributed by atoms with Crippen molar-refractivity contribution in [1.82, 2.24) is 19.8 Å². The number of amides is 4. The molecule has 2 aliphatic rings. The van der Waals surface area contributed by atoms with Crippen LogP contribution in [0.4, 0.5) is 10.5 Å². The average molecular weight is 367 g/mol. The Morgan fingerprint density at radius 1 is 1.22 bits per heavy atom. The van der Waals surface area contributed by atoms with Crippen LogP contribution in [0.5, 0.6) is 0 Å². The van der Waals surface area contributed by atoms with E-state index in [0.29, 0.717) is 17.2 Å². The Kier molecular flexibility index (Phi) is 4.62. The van der Waals surface area contributed by atoms with Gasteiger partial charge in [-0.25, -0.2) is 9.78 Å². The molecule has 1 aromatic carbocycles. The molecule has 3 heterocycles. The van der Waals surface area contributed by atoms with Gasteiger partial charge in [-0.05, 0) is 43.0 Å². The lowest BCUT2D eigenvalue weighted by atomic mass is 9.97. The number of benzene rings is 1. The maximum Gasteiger partial charge on any atom is 0.329 e. The number of imidazole rings is 1. The lowest BCUT2D eigenvalue weighted by Crippen LogP contribution is -2.41. The zero-order valence-electron chi connectivity index (χ0n) is 14.9. The monoisotopic (exact) mass is 367 g/mol. The number of carbonyl (C=O) groups is 3. The average Bonchev–Trinajstić information content (AvgIpc) is 3.30. The quantitative estimate of drug-likeness (QED) is 0.830. The van der Waals surface area contributed by atoms with Gasteiger partial charge in [0.2, 0.25) is 5.91 Å². The minimum atomic E-state index is -0.433. The molecule has 2 fully saturated rings. The van der Waals surface area contributed by atoms with Crippen LogP contribution in [0.15, 0.2) is 43.0 Å². The highest BCUT2D eigenvalue weighted by atomic mass is 16.2. The van der Waals surface area contributed by atoms with E-state index < -0.39 is 6.03 Å². The maximum atomic E-state index is 12.9. The molecule has 0 unspecified atom stereocenters. The number of hydrogen-bond donors (Lipinski definition) is 1. The SMILES string of the molecule is O=C1CN(c2ccc(C(=O)N3CCC[C@@H](Cn4ccnc4)C3)cc2)C(=O)N1. The molecule has 1 aromatic heterocycles. The molecule has 8 heteroatoms. The van der Waals surface area contributed by atoms with Gasteiger partial charge in [0.15, 0.2) is 0 Å². The van der Waals surface area contributed by atoms with Gasteiger partial charge in [-0.1, -0.05) is 0 Å². The predicted octanol–water partition coefficient (Wildman–Crippen LogP) is 1.49. The molecule has 0 spiro atoms. The van der Waals surface area contributed by atoms with E-state index in [4.69, 9.17) is 0 Å². The van der Waals surface area contributed by atoms with Gasteiger partial charge in [-0.15, -0.1) is 0 Å². The van der Waals surface area contributed by atoms with Gasteiger partial charge in [-0.3, -0.25) is 19.8 Å². The van der Waals surface area contributed by atoms with Crippen molar-refractivity contribution >= 4 is 23.5 Å². The van der Waals surface area contributed by atoms with Crippen LogP contribution in [0.25, 0.3) is 0 Å². The topological polar surface area (TPSA) is 87.5 Å². The Bertz CT molecular complexity index is 847. The number of likely N-dealkylation sites (tertiary alicyclic amines) is 1. The molecule has 0 radical (unpaired) electrons. The first-order valence-electron chi connectivity index (χ1n) is 9.06. The summed E-state index contributed by atoms with van der Waals surface area (Å²) in [7, 11) is 0. The van der Waals surface area contributed by atoms with Crippen LogP contribution in [0.1, 0.15) is 23.2 Å². The fourth-order valence-electron chi connectivity index (χ4n) is 3.71. The first-order valence-corrected chi connectivity index (χ1v) is 9.06. The van der Waals surface area contributed by atoms with Crippen molar-refractivity contribution in [3.8, 4) is 0 Å². The number of carbonyl (C=O) groups excluding carboxylic acids is 3. The summed E-state index contributed by atoms with van der Waals surface area (Å²) in [6.07, 6.45) is 7.59. The van der Waals surface area contributed by atoms with Gasteiger partial charge in [0, 0.05) is 43.3 Å². The minimum Gasteiger partial charge on any atom is -0.338 e. The zero-order valence-corrected chi connectivity index (χ0v) is 14.9. The van der Waals surface area contributed by atoms with Crippen LogP contribution in [0.2, 0.25) is 0 Å². The first kappa shape index (κ1) is 17.3. The number of urea groups is 1. The molecule has 140 valence electrons.